The van der Waals surface area contributed by atoms with Crippen LogP contribution in [0, 0.1) is 6.92 Å². The van der Waals surface area contributed by atoms with Crippen molar-refractivity contribution >= 4 is 5.78 Å². The number of carbonyl (C=O) groups is 1. The number of ketones is 1. The summed E-state index contributed by atoms with van der Waals surface area (Å²) in [4.78, 5) is 12.3. The van der Waals surface area contributed by atoms with Crippen LogP contribution in [-0.2, 0) is 5.41 Å². The van der Waals surface area contributed by atoms with Crippen molar-refractivity contribution < 1.29 is 9.21 Å². The van der Waals surface area contributed by atoms with Crippen LogP contribution in [0.1, 0.15) is 40.3 Å². The minimum atomic E-state index is -0.0669. The fourth-order valence-electron chi connectivity index (χ4n) is 2.45. The molecule has 2 aromatic rings. The van der Waals surface area contributed by atoms with Gasteiger partial charge >= 0.3 is 0 Å². The Labute approximate surface area is 112 Å². The molecule has 3 nitrogen and oxygen atoms in total. The molecule has 1 aliphatic rings. The fourth-order valence-corrected chi connectivity index (χ4v) is 2.45. The summed E-state index contributed by atoms with van der Waals surface area (Å²) in [6.07, 6.45) is 2.22. The second kappa shape index (κ2) is 4.35. The molecule has 0 bridgehead atoms. The van der Waals surface area contributed by atoms with E-state index in [-0.39, 0.29) is 11.2 Å². The van der Waals surface area contributed by atoms with Gasteiger partial charge in [-0.1, -0.05) is 18.2 Å². The molecule has 0 atom stereocenters. The largest absolute Gasteiger partial charge is 0.458 e. The number of nitrogens with two attached hydrogens (primary N) is 1. The summed E-state index contributed by atoms with van der Waals surface area (Å²) in [7, 11) is 0. The number of aryl methyl sites for hydroxylation is 1. The van der Waals surface area contributed by atoms with E-state index in [1.54, 1.807) is 12.1 Å². The lowest BCUT2D eigenvalue weighted by molar-refractivity contribution is 0.101. The van der Waals surface area contributed by atoms with Gasteiger partial charge in [0.15, 0.2) is 5.76 Å². The van der Waals surface area contributed by atoms with Gasteiger partial charge in [-0.25, -0.2) is 0 Å². The van der Waals surface area contributed by atoms with E-state index in [2.05, 4.69) is 6.07 Å². The van der Waals surface area contributed by atoms with Crippen LogP contribution in [0.25, 0.3) is 0 Å². The summed E-state index contributed by atoms with van der Waals surface area (Å²) in [5.74, 6) is 1.08. The average Bonchev–Trinajstić information content (AvgIpc) is 3.14. The van der Waals surface area contributed by atoms with Crippen molar-refractivity contribution in [2.45, 2.75) is 25.2 Å². The number of rotatable bonds is 4. The minimum Gasteiger partial charge on any atom is -0.458 e. The lowest BCUT2D eigenvalue weighted by atomic mass is 9.93. The summed E-state index contributed by atoms with van der Waals surface area (Å²) in [5, 5.41) is 0. The molecule has 19 heavy (non-hydrogen) atoms. The molecule has 98 valence electrons. The third-order valence-corrected chi connectivity index (χ3v) is 3.95. The summed E-state index contributed by atoms with van der Waals surface area (Å²) in [6, 6.07) is 11.3. The minimum absolute atomic E-state index is 0.0669. The maximum Gasteiger partial charge on any atom is 0.228 e. The fraction of sp³-hybridized carbons (Fsp3) is 0.312. The number of hydrogen-bond acceptors (Lipinski definition) is 3. The highest BCUT2D eigenvalue weighted by Crippen LogP contribution is 2.47. The highest BCUT2D eigenvalue weighted by Gasteiger charge is 2.42. The maximum atomic E-state index is 12.3. The monoisotopic (exact) mass is 255 g/mol. The van der Waals surface area contributed by atoms with E-state index < -0.39 is 0 Å². The van der Waals surface area contributed by atoms with Crippen molar-refractivity contribution in [3.05, 3.63) is 59.0 Å². The first-order chi connectivity index (χ1) is 9.14. The van der Waals surface area contributed by atoms with E-state index in [1.807, 2.05) is 25.1 Å². The van der Waals surface area contributed by atoms with Crippen LogP contribution in [0.2, 0.25) is 0 Å². The third kappa shape index (κ3) is 2.10. The molecule has 0 aliphatic heterocycles. The molecule has 1 fully saturated rings. The SMILES string of the molecule is Cc1ccc(C(=O)c2cccc(C3(CN)CC3)c2)o1. The Bertz CT molecular complexity index is 623. The zero-order chi connectivity index (χ0) is 13.5. The van der Waals surface area contributed by atoms with Gasteiger partial charge in [0.05, 0.1) is 0 Å². The zero-order valence-electron chi connectivity index (χ0n) is 11.0. The molecule has 1 saturated carbocycles. The summed E-state index contributed by atoms with van der Waals surface area (Å²) in [5.41, 5.74) is 7.79. The molecule has 3 rings (SSSR count). The summed E-state index contributed by atoms with van der Waals surface area (Å²) >= 11 is 0. The lowest BCUT2D eigenvalue weighted by Crippen LogP contribution is -2.20. The quantitative estimate of drug-likeness (QED) is 0.855. The molecular formula is C16H17NO2. The van der Waals surface area contributed by atoms with Crippen LogP contribution in [0.15, 0.2) is 40.8 Å². The Hall–Kier alpha value is -1.87. The molecule has 1 aromatic heterocycles. The van der Waals surface area contributed by atoms with Crippen LogP contribution >= 0.6 is 0 Å². The molecule has 1 heterocycles. The predicted molar refractivity (Wildman–Crippen MR) is 73.3 cm³/mol. The Morgan fingerprint density at radius 1 is 1.32 bits per heavy atom. The zero-order valence-corrected chi connectivity index (χ0v) is 11.0. The van der Waals surface area contributed by atoms with E-state index in [0.29, 0.717) is 17.9 Å². The molecule has 1 aliphatic carbocycles. The Morgan fingerprint density at radius 2 is 2.11 bits per heavy atom. The van der Waals surface area contributed by atoms with Crippen molar-refractivity contribution in [3.63, 3.8) is 0 Å². The first kappa shape index (κ1) is 12.2. The van der Waals surface area contributed by atoms with E-state index >= 15 is 0 Å². The van der Waals surface area contributed by atoms with Crippen LogP contribution in [-0.4, -0.2) is 12.3 Å². The molecule has 0 unspecified atom stereocenters. The van der Waals surface area contributed by atoms with Crippen LogP contribution < -0.4 is 5.73 Å². The van der Waals surface area contributed by atoms with E-state index in [0.717, 1.165) is 18.6 Å². The van der Waals surface area contributed by atoms with Gasteiger partial charge in [-0.3, -0.25) is 4.79 Å². The highest BCUT2D eigenvalue weighted by atomic mass is 16.3. The van der Waals surface area contributed by atoms with Crippen LogP contribution in [0.5, 0.6) is 0 Å². The topological polar surface area (TPSA) is 56.2 Å². The molecule has 0 saturated heterocycles. The van der Waals surface area contributed by atoms with Crippen LogP contribution in [0.4, 0.5) is 0 Å². The van der Waals surface area contributed by atoms with Gasteiger partial charge in [0.2, 0.25) is 5.78 Å². The molecule has 1 aromatic carbocycles. The van der Waals surface area contributed by atoms with Crippen LogP contribution in [0.3, 0.4) is 0 Å². The van der Waals surface area contributed by atoms with Gasteiger partial charge < -0.3 is 10.2 Å². The molecule has 3 heteroatoms. The Kier molecular flexibility index (Phi) is 2.79. The summed E-state index contributed by atoms with van der Waals surface area (Å²) in [6.45, 7) is 2.48. The standard InChI is InChI=1S/C16H17NO2/c1-11-5-6-14(19-11)15(18)12-3-2-4-13(9-12)16(10-17)7-8-16/h2-6,9H,7-8,10,17H2,1H3. The number of furan rings is 1. The highest BCUT2D eigenvalue weighted by molar-refractivity contribution is 6.07. The second-order valence-corrected chi connectivity index (χ2v) is 5.30. The molecule has 0 amide bonds. The van der Waals surface area contributed by atoms with Gasteiger partial charge in [-0.2, -0.15) is 0 Å². The van der Waals surface area contributed by atoms with Crippen molar-refractivity contribution in [1.82, 2.24) is 0 Å². The first-order valence-corrected chi connectivity index (χ1v) is 6.56. The second-order valence-electron chi connectivity index (χ2n) is 5.30. The van der Waals surface area contributed by atoms with Crippen molar-refractivity contribution in [2.75, 3.05) is 6.54 Å². The third-order valence-electron chi connectivity index (χ3n) is 3.95. The van der Waals surface area contributed by atoms with Gasteiger partial charge in [0.1, 0.15) is 5.76 Å². The van der Waals surface area contributed by atoms with Crippen molar-refractivity contribution in [3.8, 4) is 0 Å². The van der Waals surface area contributed by atoms with Gasteiger partial charge in [0, 0.05) is 17.5 Å². The van der Waals surface area contributed by atoms with Gasteiger partial charge in [-0.15, -0.1) is 0 Å². The van der Waals surface area contributed by atoms with Crippen molar-refractivity contribution in [1.29, 1.82) is 0 Å². The smallest absolute Gasteiger partial charge is 0.228 e. The lowest BCUT2D eigenvalue weighted by Gasteiger charge is -2.13. The van der Waals surface area contributed by atoms with Gasteiger partial charge in [0.25, 0.3) is 0 Å². The molecular weight excluding hydrogens is 238 g/mol. The number of carbonyl (C=O) groups excluding carboxylic acids is 1. The first-order valence-electron chi connectivity index (χ1n) is 6.56. The van der Waals surface area contributed by atoms with E-state index in [9.17, 15) is 4.79 Å². The molecule has 0 radical (unpaired) electrons. The Balaban J connectivity index is 1.93. The average molecular weight is 255 g/mol. The molecule has 2 N–H and O–H groups in total. The van der Waals surface area contributed by atoms with Gasteiger partial charge in [-0.05, 0) is 43.5 Å². The summed E-state index contributed by atoms with van der Waals surface area (Å²) < 4.78 is 5.39. The number of hydrogen-bond donors (Lipinski definition) is 1. The maximum absolute atomic E-state index is 12.3. The van der Waals surface area contributed by atoms with Crippen molar-refractivity contribution in [2.24, 2.45) is 5.73 Å². The number of benzene rings is 1. The molecule has 0 spiro atoms. The van der Waals surface area contributed by atoms with E-state index in [4.69, 9.17) is 10.2 Å². The Morgan fingerprint density at radius 3 is 2.68 bits per heavy atom. The van der Waals surface area contributed by atoms with E-state index in [1.165, 1.54) is 5.56 Å². The normalized spacial score (nSPS) is 16.3. The predicted octanol–water partition coefficient (Wildman–Crippen LogP) is 2.81.